The number of halogens is 3. The molecule has 1 fully saturated rings. The van der Waals surface area contributed by atoms with E-state index >= 15 is 0 Å². The van der Waals surface area contributed by atoms with Gasteiger partial charge >= 0.3 is 6.36 Å². The van der Waals surface area contributed by atoms with Crippen LogP contribution in [0.4, 0.5) is 13.2 Å². The Balaban J connectivity index is 2.26. The summed E-state index contributed by atoms with van der Waals surface area (Å²) in [5.74, 6) is -0.504. The molecule has 1 aliphatic rings. The van der Waals surface area contributed by atoms with Crippen LogP contribution in [0.1, 0.15) is 37.0 Å². The number of ether oxygens (including phenoxy) is 1. The van der Waals surface area contributed by atoms with Gasteiger partial charge in [-0.15, -0.1) is 13.2 Å². The third-order valence-electron chi connectivity index (χ3n) is 3.72. The zero-order valence-corrected chi connectivity index (χ0v) is 12.0. The van der Waals surface area contributed by atoms with Crippen LogP contribution in [-0.4, -0.2) is 29.8 Å². The van der Waals surface area contributed by atoms with Gasteiger partial charge in [0.1, 0.15) is 5.75 Å². The fourth-order valence-corrected chi connectivity index (χ4v) is 2.58. The predicted molar refractivity (Wildman–Crippen MR) is 72.0 cm³/mol. The third-order valence-corrected chi connectivity index (χ3v) is 3.72. The van der Waals surface area contributed by atoms with Crippen molar-refractivity contribution in [3.63, 3.8) is 0 Å². The van der Waals surface area contributed by atoms with E-state index in [1.54, 1.807) is 4.90 Å². The van der Waals surface area contributed by atoms with Crippen LogP contribution < -0.4 is 4.74 Å². The molecule has 1 aromatic rings. The number of hydrogen-bond donors (Lipinski definition) is 0. The van der Waals surface area contributed by atoms with Crippen molar-refractivity contribution in [2.24, 2.45) is 5.92 Å². The predicted octanol–water partition coefficient (Wildman–Crippen LogP) is 3.85. The second-order valence-electron chi connectivity index (χ2n) is 5.53. The standard InChI is InChI=1S/C15H18F3NO2/c1-10-7-8-11(2)19(9-10)14(20)12-5-3-4-6-13(12)21-15(16,17)18/h3-6,10-11H,7-9H2,1-2H3/t10-,11-/m1/s1. The molecule has 1 aromatic carbocycles. The Morgan fingerprint density at radius 1 is 1.24 bits per heavy atom. The topological polar surface area (TPSA) is 29.5 Å². The van der Waals surface area contributed by atoms with Gasteiger partial charge in [-0.3, -0.25) is 4.79 Å². The summed E-state index contributed by atoms with van der Waals surface area (Å²) in [6, 6.07) is 5.51. The highest BCUT2D eigenvalue weighted by molar-refractivity contribution is 5.97. The number of piperidine rings is 1. The second kappa shape index (κ2) is 5.95. The molecule has 0 unspecified atom stereocenters. The highest BCUT2D eigenvalue weighted by atomic mass is 19.4. The number of hydrogen-bond acceptors (Lipinski definition) is 2. The van der Waals surface area contributed by atoms with E-state index in [4.69, 9.17) is 0 Å². The van der Waals surface area contributed by atoms with Crippen LogP contribution >= 0.6 is 0 Å². The molecule has 1 saturated heterocycles. The Kier molecular flexibility index (Phi) is 4.44. The molecule has 2 rings (SSSR count). The minimum atomic E-state index is -4.81. The lowest BCUT2D eigenvalue weighted by atomic mass is 9.94. The molecule has 3 nitrogen and oxygen atoms in total. The van der Waals surface area contributed by atoms with Crippen molar-refractivity contribution in [3.05, 3.63) is 29.8 Å². The molecule has 0 N–H and O–H groups in total. The molecule has 0 aliphatic carbocycles. The second-order valence-corrected chi connectivity index (χ2v) is 5.53. The molecule has 2 atom stereocenters. The maximum absolute atomic E-state index is 12.5. The van der Waals surface area contributed by atoms with Crippen LogP contribution in [0.25, 0.3) is 0 Å². The zero-order valence-electron chi connectivity index (χ0n) is 12.0. The molecular formula is C15H18F3NO2. The lowest BCUT2D eigenvalue weighted by Crippen LogP contribution is -2.45. The summed E-state index contributed by atoms with van der Waals surface area (Å²) in [5, 5.41) is 0. The SMILES string of the molecule is C[C@@H]1CC[C@@H](C)N(C(=O)c2ccccc2OC(F)(F)F)C1. The first kappa shape index (κ1) is 15.7. The number of carbonyl (C=O) groups is 1. The number of benzene rings is 1. The first-order valence-electron chi connectivity index (χ1n) is 6.93. The van der Waals surface area contributed by atoms with Crippen LogP contribution in [0.15, 0.2) is 24.3 Å². The Morgan fingerprint density at radius 2 is 1.90 bits per heavy atom. The highest BCUT2D eigenvalue weighted by Gasteiger charge is 2.34. The summed E-state index contributed by atoms with van der Waals surface area (Å²) in [5.41, 5.74) is -0.0456. The van der Waals surface area contributed by atoms with E-state index in [2.05, 4.69) is 4.74 Å². The third kappa shape index (κ3) is 3.89. The number of rotatable bonds is 2. The van der Waals surface area contributed by atoms with Gasteiger partial charge in [-0.1, -0.05) is 19.1 Å². The van der Waals surface area contributed by atoms with E-state index in [-0.39, 0.29) is 11.6 Å². The van der Waals surface area contributed by atoms with Crippen LogP contribution in [0.2, 0.25) is 0 Å². The number of likely N-dealkylation sites (tertiary alicyclic amines) is 1. The largest absolute Gasteiger partial charge is 0.573 e. The van der Waals surface area contributed by atoms with Crippen LogP contribution in [-0.2, 0) is 0 Å². The zero-order chi connectivity index (χ0) is 15.6. The van der Waals surface area contributed by atoms with Gasteiger partial charge in [0.25, 0.3) is 5.91 Å². The van der Waals surface area contributed by atoms with Gasteiger partial charge < -0.3 is 9.64 Å². The van der Waals surface area contributed by atoms with Gasteiger partial charge in [0, 0.05) is 12.6 Å². The lowest BCUT2D eigenvalue weighted by molar-refractivity contribution is -0.274. The number of alkyl halides is 3. The highest BCUT2D eigenvalue weighted by Crippen LogP contribution is 2.29. The number of carbonyl (C=O) groups excluding carboxylic acids is 1. The maximum atomic E-state index is 12.5. The van der Waals surface area contributed by atoms with Gasteiger partial charge in [-0.2, -0.15) is 0 Å². The van der Waals surface area contributed by atoms with E-state index in [1.165, 1.54) is 24.3 Å². The summed E-state index contributed by atoms with van der Waals surface area (Å²) >= 11 is 0. The Bertz CT molecular complexity index is 516. The summed E-state index contributed by atoms with van der Waals surface area (Å²) < 4.78 is 41.2. The fourth-order valence-electron chi connectivity index (χ4n) is 2.58. The quantitative estimate of drug-likeness (QED) is 0.830. The van der Waals surface area contributed by atoms with Gasteiger partial charge in [0.2, 0.25) is 0 Å². The summed E-state index contributed by atoms with van der Waals surface area (Å²) in [6.45, 7) is 4.50. The van der Waals surface area contributed by atoms with Gasteiger partial charge in [-0.05, 0) is 37.8 Å². The first-order chi connectivity index (χ1) is 9.78. The molecule has 0 bridgehead atoms. The molecule has 21 heavy (non-hydrogen) atoms. The van der Waals surface area contributed by atoms with Crippen LogP contribution in [0, 0.1) is 5.92 Å². The molecule has 1 amide bonds. The van der Waals surface area contributed by atoms with Crippen molar-refractivity contribution in [3.8, 4) is 5.75 Å². The summed E-state index contributed by atoms with van der Waals surface area (Å²) in [4.78, 5) is 14.2. The number of para-hydroxylation sites is 1. The van der Waals surface area contributed by atoms with E-state index in [0.29, 0.717) is 12.5 Å². The van der Waals surface area contributed by atoms with E-state index in [1.807, 2.05) is 13.8 Å². The molecule has 0 radical (unpaired) electrons. The van der Waals surface area contributed by atoms with Crippen molar-refractivity contribution >= 4 is 5.91 Å². The average molecular weight is 301 g/mol. The molecule has 116 valence electrons. The molecule has 0 saturated carbocycles. The molecule has 0 spiro atoms. The smallest absolute Gasteiger partial charge is 0.405 e. The Labute approximate surface area is 121 Å². The molecule has 1 aliphatic heterocycles. The van der Waals surface area contributed by atoms with E-state index in [9.17, 15) is 18.0 Å². The fraction of sp³-hybridized carbons (Fsp3) is 0.533. The summed E-state index contributed by atoms with van der Waals surface area (Å²) in [6.07, 6.45) is -2.93. The van der Waals surface area contributed by atoms with Crippen molar-refractivity contribution in [2.75, 3.05) is 6.54 Å². The first-order valence-corrected chi connectivity index (χ1v) is 6.93. The molecule has 0 aromatic heterocycles. The number of nitrogens with zero attached hydrogens (tertiary/aromatic N) is 1. The van der Waals surface area contributed by atoms with Crippen LogP contribution in [0.5, 0.6) is 5.75 Å². The summed E-state index contributed by atoms with van der Waals surface area (Å²) in [7, 11) is 0. The van der Waals surface area contributed by atoms with Crippen molar-refractivity contribution in [1.29, 1.82) is 0 Å². The molecule has 6 heteroatoms. The Morgan fingerprint density at radius 3 is 2.57 bits per heavy atom. The van der Waals surface area contributed by atoms with E-state index < -0.39 is 18.0 Å². The van der Waals surface area contributed by atoms with E-state index in [0.717, 1.165) is 12.8 Å². The van der Waals surface area contributed by atoms with Gasteiger partial charge in [0.15, 0.2) is 0 Å². The van der Waals surface area contributed by atoms with Crippen molar-refractivity contribution in [1.82, 2.24) is 4.90 Å². The molecule has 1 heterocycles. The Hall–Kier alpha value is -1.72. The van der Waals surface area contributed by atoms with Crippen molar-refractivity contribution < 1.29 is 22.7 Å². The van der Waals surface area contributed by atoms with Gasteiger partial charge in [0.05, 0.1) is 5.56 Å². The molecular weight excluding hydrogens is 283 g/mol. The monoisotopic (exact) mass is 301 g/mol. The minimum Gasteiger partial charge on any atom is -0.405 e. The normalized spacial score (nSPS) is 23.0. The van der Waals surface area contributed by atoms with Crippen LogP contribution in [0.3, 0.4) is 0 Å². The number of amides is 1. The lowest BCUT2D eigenvalue weighted by Gasteiger charge is -2.37. The average Bonchev–Trinajstić information content (AvgIpc) is 2.39. The maximum Gasteiger partial charge on any atom is 0.573 e. The van der Waals surface area contributed by atoms with Gasteiger partial charge in [-0.25, -0.2) is 0 Å². The minimum absolute atomic E-state index is 0.0210. The van der Waals surface area contributed by atoms with Crippen molar-refractivity contribution in [2.45, 2.75) is 39.1 Å².